The summed E-state index contributed by atoms with van der Waals surface area (Å²) < 4.78 is 5.75. The molecule has 0 spiro atoms. The number of piperidine rings is 1. The molecule has 2 aromatic carbocycles. The fraction of sp³-hybridized carbons (Fsp3) is 0.240. The first-order valence-corrected chi connectivity index (χ1v) is 11.8. The SMILES string of the molecule is O=C(NN1CCC(C(=O)NCc2cc3cc(Cl)ccc3o2)CC1)c1ccc2cc(Cl)ccc2n1. The summed E-state index contributed by atoms with van der Waals surface area (Å²) >= 11 is 12.0. The van der Waals surface area contributed by atoms with Gasteiger partial charge in [-0.25, -0.2) is 9.99 Å². The number of rotatable bonds is 5. The van der Waals surface area contributed by atoms with Crippen molar-refractivity contribution in [3.05, 3.63) is 76.1 Å². The van der Waals surface area contributed by atoms with Gasteiger partial charge in [0.05, 0.1) is 12.1 Å². The molecule has 5 rings (SSSR count). The highest BCUT2D eigenvalue weighted by Crippen LogP contribution is 2.23. The van der Waals surface area contributed by atoms with Crippen LogP contribution in [0.5, 0.6) is 0 Å². The van der Waals surface area contributed by atoms with E-state index in [2.05, 4.69) is 15.7 Å². The van der Waals surface area contributed by atoms with Crippen LogP contribution in [0.3, 0.4) is 0 Å². The van der Waals surface area contributed by atoms with Crippen LogP contribution in [0.15, 0.2) is 59.0 Å². The number of aromatic nitrogens is 1. The smallest absolute Gasteiger partial charge is 0.284 e. The normalized spacial score (nSPS) is 15.0. The van der Waals surface area contributed by atoms with E-state index >= 15 is 0 Å². The molecule has 34 heavy (non-hydrogen) atoms. The van der Waals surface area contributed by atoms with Crippen molar-refractivity contribution in [1.82, 2.24) is 20.7 Å². The van der Waals surface area contributed by atoms with Crippen molar-refractivity contribution in [2.75, 3.05) is 13.1 Å². The second kappa shape index (κ2) is 9.62. The second-order valence-electron chi connectivity index (χ2n) is 8.35. The van der Waals surface area contributed by atoms with Crippen molar-refractivity contribution in [2.45, 2.75) is 19.4 Å². The Kier molecular flexibility index (Phi) is 6.41. The van der Waals surface area contributed by atoms with Gasteiger partial charge in [0.25, 0.3) is 5.91 Å². The molecule has 0 saturated carbocycles. The van der Waals surface area contributed by atoms with Crippen molar-refractivity contribution in [3.8, 4) is 0 Å². The van der Waals surface area contributed by atoms with Gasteiger partial charge in [-0.05, 0) is 61.4 Å². The maximum Gasteiger partial charge on any atom is 0.284 e. The lowest BCUT2D eigenvalue weighted by molar-refractivity contribution is -0.126. The van der Waals surface area contributed by atoms with E-state index in [4.69, 9.17) is 27.6 Å². The maximum atomic E-state index is 12.7. The summed E-state index contributed by atoms with van der Waals surface area (Å²) in [6.45, 7) is 1.48. The number of amides is 2. The summed E-state index contributed by atoms with van der Waals surface area (Å²) in [6, 6.07) is 16.2. The molecular formula is C25H22Cl2N4O3. The lowest BCUT2D eigenvalue weighted by Crippen LogP contribution is -2.48. The van der Waals surface area contributed by atoms with E-state index in [1.807, 2.05) is 35.3 Å². The van der Waals surface area contributed by atoms with Gasteiger partial charge in [0.2, 0.25) is 5.91 Å². The molecule has 0 unspecified atom stereocenters. The number of furan rings is 1. The van der Waals surface area contributed by atoms with E-state index in [1.54, 1.807) is 24.3 Å². The summed E-state index contributed by atoms with van der Waals surface area (Å²) in [5.74, 6) is 0.278. The molecule has 0 radical (unpaired) electrons. The first-order chi connectivity index (χ1) is 16.4. The molecule has 7 nitrogen and oxygen atoms in total. The number of benzene rings is 2. The third kappa shape index (κ3) is 5.01. The van der Waals surface area contributed by atoms with Crippen LogP contribution in [0, 0.1) is 5.92 Å². The molecule has 4 aromatic rings. The number of nitrogens with zero attached hydrogens (tertiary/aromatic N) is 2. The Hall–Kier alpha value is -3.13. The number of halogens is 2. The van der Waals surface area contributed by atoms with Crippen molar-refractivity contribution in [2.24, 2.45) is 5.92 Å². The second-order valence-corrected chi connectivity index (χ2v) is 9.22. The molecule has 1 fully saturated rings. The molecule has 2 aromatic heterocycles. The highest BCUT2D eigenvalue weighted by molar-refractivity contribution is 6.31. The molecular weight excluding hydrogens is 475 g/mol. The van der Waals surface area contributed by atoms with Gasteiger partial charge in [0, 0.05) is 39.8 Å². The van der Waals surface area contributed by atoms with Crippen LogP contribution < -0.4 is 10.7 Å². The highest BCUT2D eigenvalue weighted by Gasteiger charge is 2.26. The van der Waals surface area contributed by atoms with Crippen LogP contribution in [-0.4, -0.2) is 34.9 Å². The number of hydrogen-bond acceptors (Lipinski definition) is 5. The summed E-state index contributed by atoms with van der Waals surface area (Å²) in [4.78, 5) is 29.7. The zero-order valence-electron chi connectivity index (χ0n) is 18.2. The molecule has 2 N–H and O–H groups in total. The van der Waals surface area contributed by atoms with E-state index in [-0.39, 0.29) is 17.7 Å². The Bertz CT molecular complexity index is 1380. The molecule has 0 aliphatic carbocycles. The molecule has 1 aliphatic heterocycles. The Balaban J connectivity index is 1.11. The Morgan fingerprint density at radius 1 is 0.971 bits per heavy atom. The van der Waals surface area contributed by atoms with Gasteiger partial charge in [-0.15, -0.1) is 0 Å². The van der Waals surface area contributed by atoms with Gasteiger partial charge in [-0.3, -0.25) is 15.0 Å². The van der Waals surface area contributed by atoms with Gasteiger partial charge in [-0.1, -0.05) is 29.3 Å². The minimum Gasteiger partial charge on any atom is -0.459 e. The van der Waals surface area contributed by atoms with E-state index in [0.29, 0.717) is 59.5 Å². The minimum absolute atomic E-state index is 0.0145. The fourth-order valence-electron chi connectivity index (χ4n) is 4.15. The van der Waals surface area contributed by atoms with Gasteiger partial charge in [0.15, 0.2) is 0 Å². The third-order valence-electron chi connectivity index (χ3n) is 5.98. The van der Waals surface area contributed by atoms with Crippen LogP contribution in [0.2, 0.25) is 10.0 Å². The Labute approximate surface area is 206 Å². The van der Waals surface area contributed by atoms with Gasteiger partial charge in [0.1, 0.15) is 17.0 Å². The van der Waals surface area contributed by atoms with E-state index in [9.17, 15) is 9.59 Å². The number of nitrogens with one attached hydrogen (secondary N) is 2. The number of carbonyl (C=O) groups excluding carboxylic acids is 2. The van der Waals surface area contributed by atoms with Crippen molar-refractivity contribution < 1.29 is 14.0 Å². The van der Waals surface area contributed by atoms with Crippen LogP contribution in [0.25, 0.3) is 21.9 Å². The first kappa shape index (κ1) is 22.7. The number of hydrazine groups is 1. The third-order valence-corrected chi connectivity index (χ3v) is 6.45. The number of hydrogen-bond donors (Lipinski definition) is 2. The van der Waals surface area contributed by atoms with Gasteiger partial charge < -0.3 is 9.73 Å². The lowest BCUT2D eigenvalue weighted by Gasteiger charge is -2.31. The molecule has 0 bridgehead atoms. The van der Waals surface area contributed by atoms with Crippen LogP contribution >= 0.6 is 23.2 Å². The first-order valence-electron chi connectivity index (χ1n) is 11.0. The standard InChI is InChI=1S/C25H22Cl2N4O3/c26-18-2-5-21-16(11-18)1-4-22(29-21)25(33)30-31-9-7-15(8-10-31)24(32)28-14-20-13-17-12-19(27)3-6-23(17)34-20/h1-6,11-13,15H,7-10,14H2,(H,28,32)(H,30,33). The quantitative estimate of drug-likeness (QED) is 0.407. The molecule has 1 saturated heterocycles. The van der Waals surface area contributed by atoms with E-state index in [1.165, 1.54) is 0 Å². The zero-order valence-corrected chi connectivity index (χ0v) is 19.7. The average Bonchev–Trinajstić information content (AvgIpc) is 3.24. The molecule has 174 valence electrons. The zero-order chi connectivity index (χ0) is 23.7. The predicted molar refractivity (Wildman–Crippen MR) is 132 cm³/mol. The summed E-state index contributed by atoms with van der Waals surface area (Å²) in [5.41, 5.74) is 4.68. The van der Waals surface area contributed by atoms with Crippen LogP contribution in [0.4, 0.5) is 0 Å². The van der Waals surface area contributed by atoms with Gasteiger partial charge >= 0.3 is 0 Å². The minimum atomic E-state index is -0.273. The molecule has 1 aliphatic rings. The van der Waals surface area contributed by atoms with E-state index in [0.717, 1.165) is 16.4 Å². The molecule has 0 atom stereocenters. The highest BCUT2D eigenvalue weighted by atomic mass is 35.5. The predicted octanol–water partition coefficient (Wildman–Crippen LogP) is 4.96. The molecule has 9 heteroatoms. The Morgan fingerprint density at radius 2 is 1.71 bits per heavy atom. The summed E-state index contributed by atoms with van der Waals surface area (Å²) in [5, 5.41) is 7.85. The fourth-order valence-corrected chi connectivity index (χ4v) is 4.51. The Morgan fingerprint density at radius 3 is 2.50 bits per heavy atom. The number of pyridine rings is 1. The van der Waals surface area contributed by atoms with Crippen molar-refractivity contribution in [3.63, 3.8) is 0 Å². The largest absolute Gasteiger partial charge is 0.459 e. The number of carbonyl (C=O) groups is 2. The molecule has 2 amide bonds. The summed E-state index contributed by atoms with van der Waals surface area (Å²) in [7, 11) is 0. The topological polar surface area (TPSA) is 87.5 Å². The number of fused-ring (bicyclic) bond motifs is 2. The van der Waals surface area contributed by atoms with Crippen LogP contribution in [0.1, 0.15) is 29.1 Å². The van der Waals surface area contributed by atoms with Crippen molar-refractivity contribution >= 4 is 56.9 Å². The van der Waals surface area contributed by atoms with Crippen molar-refractivity contribution in [1.29, 1.82) is 0 Å². The van der Waals surface area contributed by atoms with Gasteiger partial charge in [-0.2, -0.15) is 0 Å². The van der Waals surface area contributed by atoms with Crippen LogP contribution in [-0.2, 0) is 11.3 Å². The summed E-state index contributed by atoms with van der Waals surface area (Å²) in [6.07, 6.45) is 1.29. The lowest BCUT2D eigenvalue weighted by atomic mass is 9.97. The average molecular weight is 497 g/mol. The monoisotopic (exact) mass is 496 g/mol. The van der Waals surface area contributed by atoms with E-state index < -0.39 is 0 Å². The maximum absolute atomic E-state index is 12.7. The molecule has 3 heterocycles.